The van der Waals surface area contributed by atoms with Crippen molar-refractivity contribution in [3.05, 3.63) is 84.6 Å². The lowest BCUT2D eigenvalue weighted by molar-refractivity contribution is 0.0949. The molecule has 0 saturated carbocycles. The standard InChI is InChI=1S/C23H24N4O2/c1-3-14-24-21-16-20(26-22(27-21)18-7-5-4-6-8-18)23(28)25-15-13-17-9-11-19(29-2)12-10-17/h3-12,16H,1,13-15H2,2H3,(H,25,28)(H,24,26,27). The van der Waals surface area contributed by atoms with Crippen LogP contribution in [0.1, 0.15) is 16.1 Å². The number of anilines is 1. The molecule has 148 valence electrons. The van der Waals surface area contributed by atoms with E-state index in [1.807, 2.05) is 54.6 Å². The normalized spacial score (nSPS) is 10.2. The molecule has 1 amide bonds. The fourth-order valence-corrected chi connectivity index (χ4v) is 2.75. The number of carbonyl (C=O) groups excluding carboxylic acids is 1. The number of ether oxygens (including phenoxy) is 1. The summed E-state index contributed by atoms with van der Waals surface area (Å²) in [6.45, 7) is 4.75. The average molecular weight is 388 g/mol. The third-order valence-corrected chi connectivity index (χ3v) is 4.28. The Morgan fingerprint density at radius 1 is 1.10 bits per heavy atom. The SMILES string of the molecule is C=CCNc1cc(C(=O)NCCc2ccc(OC)cc2)nc(-c2ccccc2)n1. The summed E-state index contributed by atoms with van der Waals surface area (Å²) in [5.41, 5.74) is 2.29. The van der Waals surface area contributed by atoms with Gasteiger partial charge in [0.15, 0.2) is 5.82 Å². The fraction of sp³-hybridized carbons (Fsp3) is 0.174. The van der Waals surface area contributed by atoms with Crippen LogP contribution < -0.4 is 15.4 Å². The molecule has 0 unspecified atom stereocenters. The predicted molar refractivity (Wildman–Crippen MR) is 115 cm³/mol. The second kappa shape index (κ2) is 10.0. The largest absolute Gasteiger partial charge is 0.497 e. The molecule has 6 nitrogen and oxygen atoms in total. The molecule has 0 aliphatic carbocycles. The summed E-state index contributed by atoms with van der Waals surface area (Å²) in [7, 11) is 1.64. The first kappa shape index (κ1) is 20.1. The van der Waals surface area contributed by atoms with Gasteiger partial charge in [-0.05, 0) is 24.1 Å². The molecular weight excluding hydrogens is 364 g/mol. The Bertz CT molecular complexity index is 956. The summed E-state index contributed by atoms with van der Waals surface area (Å²) in [5.74, 6) is 1.66. The van der Waals surface area contributed by atoms with Gasteiger partial charge in [-0.2, -0.15) is 0 Å². The van der Waals surface area contributed by atoms with Gasteiger partial charge in [-0.15, -0.1) is 6.58 Å². The van der Waals surface area contributed by atoms with Crippen LogP contribution in [0.5, 0.6) is 5.75 Å². The van der Waals surface area contributed by atoms with Crippen LogP contribution in [0.15, 0.2) is 73.3 Å². The van der Waals surface area contributed by atoms with Crippen LogP contribution in [0.25, 0.3) is 11.4 Å². The van der Waals surface area contributed by atoms with Crippen molar-refractivity contribution in [2.75, 3.05) is 25.5 Å². The smallest absolute Gasteiger partial charge is 0.270 e. The van der Waals surface area contributed by atoms with Crippen LogP contribution in [-0.4, -0.2) is 36.1 Å². The molecule has 3 aromatic rings. The molecule has 0 saturated heterocycles. The van der Waals surface area contributed by atoms with Gasteiger partial charge in [0.2, 0.25) is 0 Å². The first-order valence-electron chi connectivity index (χ1n) is 9.40. The molecule has 0 bridgehead atoms. The van der Waals surface area contributed by atoms with Gasteiger partial charge in [0.1, 0.15) is 17.3 Å². The molecule has 29 heavy (non-hydrogen) atoms. The summed E-state index contributed by atoms with van der Waals surface area (Å²) in [4.78, 5) is 21.6. The van der Waals surface area contributed by atoms with Gasteiger partial charge >= 0.3 is 0 Å². The number of nitrogens with zero attached hydrogens (tertiary/aromatic N) is 2. The monoisotopic (exact) mass is 388 g/mol. The van der Waals surface area contributed by atoms with Crippen molar-refractivity contribution in [3.8, 4) is 17.1 Å². The van der Waals surface area contributed by atoms with Crippen molar-refractivity contribution in [3.63, 3.8) is 0 Å². The van der Waals surface area contributed by atoms with Gasteiger partial charge in [0, 0.05) is 24.7 Å². The van der Waals surface area contributed by atoms with Gasteiger partial charge in [-0.3, -0.25) is 4.79 Å². The second-order valence-corrected chi connectivity index (χ2v) is 6.35. The molecule has 0 aliphatic rings. The summed E-state index contributed by atoms with van der Waals surface area (Å²) in [5, 5.41) is 6.06. The van der Waals surface area contributed by atoms with Crippen LogP contribution in [0.3, 0.4) is 0 Å². The maximum Gasteiger partial charge on any atom is 0.270 e. The molecule has 0 atom stereocenters. The van der Waals surface area contributed by atoms with Crippen molar-refractivity contribution in [1.82, 2.24) is 15.3 Å². The van der Waals surface area contributed by atoms with Crippen LogP contribution in [0.4, 0.5) is 5.82 Å². The molecular formula is C23H24N4O2. The highest BCUT2D eigenvalue weighted by Gasteiger charge is 2.12. The molecule has 3 rings (SSSR count). The number of rotatable bonds is 9. The lowest BCUT2D eigenvalue weighted by atomic mass is 10.1. The van der Waals surface area contributed by atoms with Gasteiger partial charge in [-0.1, -0.05) is 48.5 Å². The van der Waals surface area contributed by atoms with E-state index in [1.165, 1.54) is 0 Å². The Morgan fingerprint density at radius 2 is 1.86 bits per heavy atom. The summed E-state index contributed by atoms with van der Waals surface area (Å²) < 4.78 is 5.16. The topological polar surface area (TPSA) is 76.1 Å². The molecule has 0 aliphatic heterocycles. The minimum absolute atomic E-state index is 0.236. The van der Waals surface area contributed by atoms with Gasteiger partial charge in [0.05, 0.1) is 7.11 Å². The van der Waals surface area contributed by atoms with Crippen molar-refractivity contribution in [2.24, 2.45) is 0 Å². The van der Waals surface area contributed by atoms with E-state index in [9.17, 15) is 4.79 Å². The Labute approximate surface area is 170 Å². The first-order valence-corrected chi connectivity index (χ1v) is 9.40. The number of hydrogen-bond donors (Lipinski definition) is 2. The molecule has 0 fully saturated rings. The quantitative estimate of drug-likeness (QED) is 0.547. The van der Waals surface area contributed by atoms with Crippen molar-refractivity contribution >= 4 is 11.7 Å². The number of methoxy groups -OCH3 is 1. The predicted octanol–water partition coefficient (Wildman–Crippen LogP) is 3.72. The number of hydrogen-bond acceptors (Lipinski definition) is 5. The fourth-order valence-electron chi connectivity index (χ4n) is 2.75. The third-order valence-electron chi connectivity index (χ3n) is 4.28. The Hall–Kier alpha value is -3.67. The lowest BCUT2D eigenvalue weighted by Gasteiger charge is -2.10. The number of benzene rings is 2. The maximum atomic E-state index is 12.7. The minimum Gasteiger partial charge on any atom is -0.497 e. The molecule has 2 N–H and O–H groups in total. The van der Waals surface area contributed by atoms with E-state index < -0.39 is 0 Å². The summed E-state index contributed by atoms with van der Waals surface area (Å²) in [6.07, 6.45) is 2.45. The Balaban J connectivity index is 1.71. The molecule has 6 heteroatoms. The molecule has 0 spiro atoms. The zero-order valence-corrected chi connectivity index (χ0v) is 16.4. The zero-order valence-electron chi connectivity index (χ0n) is 16.4. The van der Waals surface area contributed by atoms with E-state index >= 15 is 0 Å². The van der Waals surface area contributed by atoms with Gasteiger partial charge in [0.25, 0.3) is 5.91 Å². The van der Waals surface area contributed by atoms with Crippen molar-refractivity contribution in [1.29, 1.82) is 0 Å². The Kier molecular flexibility index (Phi) is 6.95. The van der Waals surface area contributed by atoms with Gasteiger partial charge in [-0.25, -0.2) is 9.97 Å². The highest BCUT2D eigenvalue weighted by atomic mass is 16.5. The lowest BCUT2D eigenvalue weighted by Crippen LogP contribution is -2.27. The summed E-state index contributed by atoms with van der Waals surface area (Å²) >= 11 is 0. The second-order valence-electron chi connectivity index (χ2n) is 6.35. The summed E-state index contributed by atoms with van der Waals surface area (Å²) in [6, 6.07) is 19.0. The Morgan fingerprint density at radius 3 is 2.55 bits per heavy atom. The van der Waals surface area contributed by atoms with E-state index in [0.29, 0.717) is 36.8 Å². The number of nitrogens with one attached hydrogen (secondary N) is 2. The van der Waals surface area contributed by atoms with Crippen LogP contribution >= 0.6 is 0 Å². The van der Waals surface area contributed by atoms with Crippen LogP contribution in [0.2, 0.25) is 0 Å². The minimum atomic E-state index is -0.236. The first-order chi connectivity index (χ1) is 14.2. The highest BCUT2D eigenvalue weighted by Crippen LogP contribution is 2.18. The van der Waals surface area contributed by atoms with Crippen molar-refractivity contribution < 1.29 is 9.53 Å². The average Bonchev–Trinajstić information content (AvgIpc) is 2.78. The number of aromatic nitrogens is 2. The number of carbonyl (C=O) groups is 1. The molecule has 0 radical (unpaired) electrons. The molecule has 1 aromatic heterocycles. The van der Waals surface area contributed by atoms with Crippen LogP contribution in [-0.2, 0) is 6.42 Å². The molecule has 2 aromatic carbocycles. The van der Waals surface area contributed by atoms with E-state index in [1.54, 1.807) is 19.3 Å². The van der Waals surface area contributed by atoms with E-state index in [-0.39, 0.29) is 5.91 Å². The maximum absolute atomic E-state index is 12.7. The van der Waals surface area contributed by atoms with E-state index in [0.717, 1.165) is 16.9 Å². The van der Waals surface area contributed by atoms with E-state index in [2.05, 4.69) is 27.2 Å². The highest BCUT2D eigenvalue weighted by molar-refractivity contribution is 5.93. The zero-order chi connectivity index (χ0) is 20.5. The van der Waals surface area contributed by atoms with Crippen molar-refractivity contribution in [2.45, 2.75) is 6.42 Å². The third kappa shape index (κ3) is 5.65. The van der Waals surface area contributed by atoms with Gasteiger partial charge < -0.3 is 15.4 Å². The van der Waals surface area contributed by atoms with E-state index in [4.69, 9.17) is 4.74 Å². The van der Waals surface area contributed by atoms with Crippen LogP contribution in [0, 0.1) is 0 Å². The molecule has 1 heterocycles. The number of amides is 1.